The molecule has 1 heterocycles. The molecule has 1 saturated heterocycles. The van der Waals surface area contributed by atoms with Crippen molar-refractivity contribution in [3.05, 3.63) is 62.9 Å². The number of ether oxygens (including phenoxy) is 1. The second kappa shape index (κ2) is 10.3. The van der Waals surface area contributed by atoms with E-state index in [1.54, 1.807) is 36.1 Å². The van der Waals surface area contributed by atoms with E-state index in [1.165, 1.54) is 0 Å². The number of piperazine rings is 1. The number of hydrogen-bond donors (Lipinski definition) is 1. The Morgan fingerprint density at radius 3 is 2.50 bits per heavy atom. The lowest BCUT2D eigenvalue weighted by Gasteiger charge is -2.35. The van der Waals surface area contributed by atoms with Crippen molar-refractivity contribution in [3.8, 4) is 5.75 Å². The molecular weight excluding hydrogens is 503 g/mol. The summed E-state index contributed by atoms with van der Waals surface area (Å²) in [5, 5.41) is 0. The molecule has 7 nitrogen and oxygen atoms in total. The molecule has 2 aromatic carbocycles. The van der Waals surface area contributed by atoms with Crippen molar-refractivity contribution in [3.63, 3.8) is 0 Å². The van der Waals surface area contributed by atoms with Gasteiger partial charge >= 0.3 is 0 Å². The minimum Gasteiger partial charge on any atom is -0.483 e. The van der Waals surface area contributed by atoms with Gasteiger partial charge in [0.1, 0.15) is 17.3 Å². The van der Waals surface area contributed by atoms with Crippen molar-refractivity contribution >= 4 is 32.0 Å². The van der Waals surface area contributed by atoms with Gasteiger partial charge in [0.2, 0.25) is 0 Å². The highest BCUT2D eigenvalue weighted by Crippen LogP contribution is 2.28. The third-order valence-corrected chi connectivity index (χ3v) is 6.89. The van der Waals surface area contributed by atoms with Crippen LogP contribution in [0.1, 0.15) is 22.3 Å². The summed E-state index contributed by atoms with van der Waals surface area (Å²) in [6.07, 6.45) is 0. The largest absolute Gasteiger partial charge is 0.483 e. The molecule has 2 aromatic rings. The first-order chi connectivity index (χ1) is 15.0. The van der Waals surface area contributed by atoms with Gasteiger partial charge in [-0.25, -0.2) is 4.39 Å². The number of rotatable bonds is 7. The highest BCUT2D eigenvalue weighted by molar-refractivity contribution is 9.10. The minimum absolute atomic E-state index is 0.198. The van der Waals surface area contributed by atoms with E-state index >= 15 is 0 Å². The zero-order chi connectivity index (χ0) is 23.5. The fourth-order valence-corrected chi connectivity index (χ4v) is 4.97. The van der Waals surface area contributed by atoms with E-state index in [1.807, 2.05) is 13.0 Å². The molecule has 0 spiro atoms. The van der Waals surface area contributed by atoms with Crippen LogP contribution in [0.2, 0.25) is 0 Å². The number of carbonyl (C=O) groups is 1. The summed E-state index contributed by atoms with van der Waals surface area (Å²) >= 11 is 3.25. The van der Waals surface area contributed by atoms with E-state index in [0.29, 0.717) is 42.8 Å². The first-order valence-corrected chi connectivity index (χ1v) is 12.5. The molecular formula is C22H26BrFN2O5S. The minimum atomic E-state index is -4.25. The number of nitrogens with zero attached hydrogens (tertiary/aromatic N) is 2. The molecule has 10 heteroatoms. The smallest absolute Gasteiger partial charge is 0.269 e. The van der Waals surface area contributed by atoms with E-state index in [-0.39, 0.29) is 29.6 Å². The molecule has 1 fully saturated rings. The van der Waals surface area contributed by atoms with Gasteiger partial charge in [0.05, 0.1) is 0 Å². The van der Waals surface area contributed by atoms with Crippen LogP contribution in [-0.2, 0) is 27.2 Å². The van der Waals surface area contributed by atoms with Crippen molar-refractivity contribution in [1.29, 1.82) is 0 Å². The van der Waals surface area contributed by atoms with Crippen LogP contribution < -0.4 is 4.74 Å². The number of carbonyl (C=O) groups excluding carboxylic acids is 1. The van der Waals surface area contributed by atoms with Gasteiger partial charge in [-0.15, -0.1) is 0 Å². The molecule has 174 valence electrons. The quantitative estimate of drug-likeness (QED) is 0.554. The van der Waals surface area contributed by atoms with E-state index < -0.39 is 15.9 Å². The Morgan fingerprint density at radius 1 is 1.16 bits per heavy atom. The van der Waals surface area contributed by atoms with Crippen LogP contribution in [0.25, 0.3) is 0 Å². The molecule has 1 amide bonds. The zero-order valence-corrected chi connectivity index (χ0v) is 20.4. The summed E-state index contributed by atoms with van der Waals surface area (Å²) in [6.45, 7) is 6.57. The maximum Gasteiger partial charge on any atom is 0.269 e. The van der Waals surface area contributed by atoms with Gasteiger partial charge in [0, 0.05) is 42.8 Å². The van der Waals surface area contributed by atoms with E-state index in [4.69, 9.17) is 4.74 Å². The first kappa shape index (κ1) is 24.6. The Morgan fingerprint density at radius 2 is 1.84 bits per heavy atom. The van der Waals surface area contributed by atoms with Crippen molar-refractivity contribution in [2.45, 2.75) is 26.1 Å². The molecule has 0 aliphatic carbocycles. The Kier molecular flexibility index (Phi) is 7.92. The van der Waals surface area contributed by atoms with Crippen molar-refractivity contribution in [1.82, 2.24) is 9.80 Å². The van der Waals surface area contributed by atoms with Gasteiger partial charge in [-0.3, -0.25) is 14.2 Å². The maximum atomic E-state index is 13.7. The average Bonchev–Trinajstić information content (AvgIpc) is 2.72. The number of hydrogen-bond acceptors (Lipinski definition) is 5. The molecule has 32 heavy (non-hydrogen) atoms. The van der Waals surface area contributed by atoms with Gasteiger partial charge in [0.15, 0.2) is 6.61 Å². The fourth-order valence-electron chi connectivity index (χ4n) is 3.63. The Hall–Kier alpha value is -2.01. The number of benzene rings is 2. The predicted octanol–water partition coefficient (Wildman–Crippen LogP) is 3.32. The second-order valence-corrected chi connectivity index (χ2v) is 10.2. The van der Waals surface area contributed by atoms with E-state index in [2.05, 4.69) is 20.8 Å². The topological polar surface area (TPSA) is 87.2 Å². The Bertz CT molecular complexity index is 1100. The average molecular weight is 529 g/mol. The molecule has 0 bridgehead atoms. The van der Waals surface area contributed by atoms with Crippen LogP contribution in [0.5, 0.6) is 5.75 Å². The van der Waals surface area contributed by atoms with E-state index in [9.17, 15) is 22.2 Å². The lowest BCUT2D eigenvalue weighted by molar-refractivity contribution is -0.135. The Labute approximate surface area is 196 Å². The summed E-state index contributed by atoms with van der Waals surface area (Å²) in [7, 11) is -4.25. The number of halogens is 2. The summed E-state index contributed by atoms with van der Waals surface area (Å²) in [4.78, 5) is 16.5. The van der Waals surface area contributed by atoms with Gasteiger partial charge in [-0.05, 0) is 48.7 Å². The van der Waals surface area contributed by atoms with Crippen LogP contribution in [0.15, 0.2) is 34.8 Å². The zero-order valence-electron chi connectivity index (χ0n) is 18.0. The van der Waals surface area contributed by atoms with Gasteiger partial charge in [-0.2, -0.15) is 8.42 Å². The van der Waals surface area contributed by atoms with Crippen LogP contribution in [0.4, 0.5) is 4.39 Å². The highest BCUT2D eigenvalue weighted by Gasteiger charge is 2.23. The molecule has 0 unspecified atom stereocenters. The fraction of sp³-hybridized carbons (Fsp3) is 0.409. The Balaban J connectivity index is 1.55. The maximum absolute atomic E-state index is 13.7. The standard InChI is InChI=1S/C22H26BrFN2O5S/c1-15-11-20(24)16(2)10-17(15)12-25-6-8-26(9-7-25)22(27)13-31-21-5-3-4-19(23)18(21)14-32(28,29)30/h3-5,10-11H,6-9,12-14H2,1-2H3,(H,28,29,30). The number of aryl methyl sites for hydroxylation is 2. The van der Waals surface area contributed by atoms with E-state index in [0.717, 1.165) is 11.1 Å². The van der Waals surface area contributed by atoms with Gasteiger partial charge in [0.25, 0.3) is 16.0 Å². The molecule has 1 aliphatic rings. The predicted molar refractivity (Wildman–Crippen MR) is 123 cm³/mol. The van der Waals surface area contributed by atoms with Gasteiger partial charge < -0.3 is 9.64 Å². The monoisotopic (exact) mass is 528 g/mol. The van der Waals surface area contributed by atoms with Crippen LogP contribution in [0, 0.1) is 19.7 Å². The van der Waals surface area contributed by atoms with Crippen molar-refractivity contribution < 1.29 is 26.9 Å². The first-order valence-electron chi connectivity index (χ1n) is 10.1. The molecule has 1 aliphatic heterocycles. The molecule has 3 rings (SSSR count). The lowest BCUT2D eigenvalue weighted by atomic mass is 10.0. The lowest BCUT2D eigenvalue weighted by Crippen LogP contribution is -2.49. The molecule has 0 atom stereocenters. The van der Waals surface area contributed by atoms with Crippen LogP contribution in [0.3, 0.4) is 0 Å². The summed E-state index contributed by atoms with van der Waals surface area (Å²) in [5.74, 6) is -0.784. The van der Waals surface area contributed by atoms with Crippen LogP contribution >= 0.6 is 15.9 Å². The molecule has 1 N–H and O–H groups in total. The molecule has 0 aromatic heterocycles. The van der Waals surface area contributed by atoms with Crippen LogP contribution in [-0.4, -0.2) is 61.5 Å². The number of amides is 1. The third kappa shape index (κ3) is 6.50. The molecule has 0 saturated carbocycles. The van der Waals surface area contributed by atoms with Crippen molar-refractivity contribution in [2.75, 3.05) is 32.8 Å². The van der Waals surface area contributed by atoms with Crippen molar-refractivity contribution in [2.24, 2.45) is 0 Å². The SMILES string of the molecule is Cc1cc(CN2CCN(C(=O)COc3cccc(Br)c3CS(=O)(=O)O)CC2)c(C)cc1F. The highest BCUT2D eigenvalue weighted by atomic mass is 79.9. The summed E-state index contributed by atoms with van der Waals surface area (Å²) in [5.41, 5.74) is 2.87. The second-order valence-electron chi connectivity index (χ2n) is 7.92. The summed E-state index contributed by atoms with van der Waals surface area (Å²) < 4.78 is 51.5. The summed E-state index contributed by atoms with van der Waals surface area (Å²) in [6, 6.07) is 8.29. The normalized spacial score (nSPS) is 15.1. The molecule has 0 radical (unpaired) electrons. The van der Waals surface area contributed by atoms with Gasteiger partial charge in [-0.1, -0.05) is 28.1 Å². The third-order valence-electron chi connectivity index (χ3n) is 5.49.